The first-order valence-electron chi connectivity index (χ1n) is 12.6. The van der Waals surface area contributed by atoms with E-state index in [2.05, 4.69) is 4.98 Å². The van der Waals surface area contributed by atoms with E-state index in [4.69, 9.17) is 19.2 Å². The number of carbonyl (C=O) groups excluding carboxylic acids is 1. The number of amides is 1. The van der Waals surface area contributed by atoms with Crippen molar-refractivity contribution >= 4 is 34.0 Å². The summed E-state index contributed by atoms with van der Waals surface area (Å²) in [5.41, 5.74) is 2.46. The van der Waals surface area contributed by atoms with E-state index in [0.29, 0.717) is 41.4 Å². The van der Waals surface area contributed by atoms with Crippen LogP contribution in [-0.4, -0.2) is 56.3 Å². The van der Waals surface area contributed by atoms with Gasteiger partial charge in [-0.05, 0) is 58.9 Å². The second-order valence-electron chi connectivity index (χ2n) is 11.2. The summed E-state index contributed by atoms with van der Waals surface area (Å²) in [5, 5.41) is 10.2. The van der Waals surface area contributed by atoms with E-state index in [9.17, 15) is 14.4 Å². The fraction of sp³-hybridized carbons (Fsp3) is 0.429. The minimum atomic E-state index is -0.745. The minimum absolute atomic E-state index is 0.201. The Labute approximate surface area is 225 Å². The third-order valence-corrected chi connectivity index (χ3v) is 6.45. The molecule has 0 spiro atoms. The number of aromatic nitrogens is 4. The number of rotatable bonds is 4. The summed E-state index contributed by atoms with van der Waals surface area (Å²) in [4.78, 5) is 23.8. The third-order valence-electron chi connectivity index (χ3n) is 6.45. The van der Waals surface area contributed by atoms with E-state index >= 15 is 0 Å². The smallest absolute Gasteiger partial charge is 0.415 e. The predicted molar refractivity (Wildman–Crippen MR) is 144 cm³/mol. The monoisotopic (exact) mass is 534 g/mol. The molecule has 0 bridgehead atoms. The fourth-order valence-electron chi connectivity index (χ4n) is 4.83. The van der Waals surface area contributed by atoms with Crippen LogP contribution in [0.4, 0.5) is 15.0 Å². The number of hydrogen-bond acceptors (Lipinski definition) is 7. The average molecular weight is 535 g/mol. The molecule has 5 rings (SSSR count). The van der Waals surface area contributed by atoms with Crippen LogP contribution in [-0.2, 0) is 27.8 Å². The number of pyridine rings is 1. The van der Waals surface area contributed by atoms with Gasteiger partial charge in [0, 0.05) is 25.0 Å². The predicted octanol–water partition coefficient (Wildman–Crippen LogP) is 5.12. The molecule has 1 unspecified atom stereocenters. The lowest BCUT2D eigenvalue weighted by atomic mass is 10.1. The number of hydrogen-bond donors (Lipinski definition) is 0. The normalized spacial score (nSPS) is 17.1. The molecular formula is C28H31FN6O4. The molecule has 1 aliphatic heterocycles. The van der Waals surface area contributed by atoms with Crippen LogP contribution in [0.1, 0.15) is 40.2 Å². The molecule has 204 valence electrons. The van der Waals surface area contributed by atoms with Crippen molar-refractivity contribution < 1.29 is 23.4 Å². The van der Waals surface area contributed by atoms with Crippen molar-refractivity contribution in [2.75, 3.05) is 18.6 Å². The van der Waals surface area contributed by atoms with Crippen LogP contribution in [0.5, 0.6) is 0 Å². The average Bonchev–Trinajstić information content (AvgIpc) is 3.51. The molecule has 0 saturated carbocycles. The molecule has 1 atom stereocenters. The molecule has 1 aliphatic rings. The largest absolute Gasteiger partial charge is 0.443 e. The van der Waals surface area contributed by atoms with E-state index in [1.807, 2.05) is 42.2 Å². The lowest BCUT2D eigenvalue weighted by Crippen LogP contribution is -2.34. The molecular weight excluding hydrogens is 503 g/mol. The van der Waals surface area contributed by atoms with Gasteiger partial charge in [0.15, 0.2) is 11.6 Å². The summed E-state index contributed by atoms with van der Waals surface area (Å²) in [6, 6.07) is 8.14. The summed E-state index contributed by atoms with van der Waals surface area (Å²) in [6.07, 6.45) is 0.772. The molecule has 1 amide bonds. The number of carbonyl (C=O) groups is 1. The van der Waals surface area contributed by atoms with Crippen molar-refractivity contribution in [1.82, 2.24) is 19.1 Å². The quantitative estimate of drug-likeness (QED) is 0.357. The van der Waals surface area contributed by atoms with Crippen molar-refractivity contribution in [3.63, 3.8) is 0 Å². The summed E-state index contributed by atoms with van der Waals surface area (Å²) >= 11 is 0. The highest BCUT2D eigenvalue weighted by molar-refractivity contribution is 6.10. The number of imidazole rings is 1. The first-order valence-corrected chi connectivity index (χ1v) is 12.6. The van der Waals surface area contributed by atoms with E-state index < -0.39 is 23.3 Å². The molecule has 1 saturated heterocycles. The highest BCUT2D eigenvalue weighted by Gasteiger charge is 2.34. The summed E-state index contributed by atoms with van der Waals surface area (Å²) in [7, 11) is 3.45. The molecule has 11 heteroatoms. The molecule has 0 N–H and O–H groups in total. The zero-order valence-electron chi connectivity index (χ0n) is 23.1. The Morgan fingerprint density at radius 3 is 2.69 bits per heavy atom. The summed E-state index contributed by atoms with van der Waals surface area (Å²) in [6.45, 7) is 9.77. The minimum Gasteiger partial charge on any atom is -0.443 e. The van der Waals surface area contributed by atoms with Crippen molar-refractivity contribution in [2.45, 2.75) is 58.7 Å². The number of nitriles is 1. The van der Waals surface area contributed by atoms with Crippen LogP contribution < -0.4 is 4.90 Å². The highest BCUT2D eigenvalue weighted by atomic mass is 19.1. The van der Waals surface area contributed by atoms with Crippen molar-refractivity contribution in [2.24, 2.45) is 7.05 Å². The van der Waals surface area contributed by atoms with Gasteiger partial charge in [0.1, 0.15) is 28.7 Å². The maximum absolute atomic E-state index is 14.6. The number of nitrogens with zero attached hydrogens (tertiary/aromatic N) is 6. The zero-order valence-corrected chi connectivity index (χ0v) is 23.1. The van der Waals surface area contributed by atoms with E-state index in [1.54, 1.807) is 40.2 Å². The van der Waals surface area contributed by atoms with Crippen LogP contribution >= 0.6 is 0 Å². The van der Waals surface area contributed by atoms with Gasteiger partial charge in [-0.3, -0.25) is 4.90 Å². The number of benzene rings is 1. The Balaban J connectivity index is 1.76. The standard InChI is InChI=1S/C28H31FN6O4/c1-27(2,3)39-26(36)34(7)25-22-23(33(6)15-31-22)20-11-21(17-8-16(12-30)9-18(29)10-17)35(24(20)32-25)13-19-14-37-28(4,5)38-19/h8-11,15,19H,13-14H2,1-7H3. The number of ether oxygens (including phenoxy) is 3. The topological polar surface area (TPSA) is 107 Å². The zero-order chi connectivity index (χ0) is 28.3. The van der Waals surface area contributed by atoms with Crippen LogP contribution in [0, 0.1) is 17.1 Å². The Bertz CT molecular complexity index is 1640. The van der Waals surface area contributed by atoms with Gasteiger partial charge in [-0.15, -0.1) is 0 Å². The molecule has 0 aliphatic carbocycles. The van der Waals surface area contributed by atoms with Gasteiger partial charge < -0.3 is 23.3 Å². The van der Waals surface area contributed by atoms with E-state index in [0.717, 1.165) is 10.9 Å². The van der Waals surface area contributed by atoms with Gasteiger partial charge >= 0.3 is 6.09 Å². The van der Waals surface area contributed by atoms with Crippen molar-refractivity contribution in [1.29, 1.82) is 5.26 Å². The second-order valence-corrected chi connectivity index (χ2v) is 11.2. The molecule has 0 radical (unpaired) electrons. The SMILES string of the molecule is CN(C(=O)OC(C)(C)C)c1nc2c(cc(-c3cc(F)cc(C#N)c3)n2CC2COC(C)(C)O2)c2c1ncn2C. The first-order chi connectivity index (χ1) is 18.3. The Morgan fingerprint density at radius 2 is 2.05 bits per heavy atom. The summed E-state index contributed by atoms with van der Waals surface area (Å²) in [5.74, 6) is -0.948. The molecule has 4 heterocycles. The number of halogens is 1. The number of fused-ring (bicyclic) bond motifs is 3. The van der Waals surface area contributed by atoms with E-state index in [-0.39, 0.29) is 11.7 Å². The Hall–Kier alpha value is -4.01. The molecule has 10 nitrogen and oxygen atoms in total. The molecule has 1 aromatic carbocycles. The molecule has 39 heavy (non-hydrogen) atoms. The van der Waals surface area contributed by atoms with Crippen LogP contribution in [0.2, 0.25) is 0 Å². The highest BCUT2D eigenvalue weighted by Crippen LogP contribution is 2.37. The molecule has 3 aromatic heterocycles. The van der Waals surface area contributed by atoms with Crippen LogP contribution in [0.3, 0.4) is 0 Å². The van der Waals surface area contributed by atoms with Gasteiger partial charge in [0.25, 0.3) is 0 Å². The van der Waals surface area contributed by atoms with Gasteiger partial charge in [0.05, 0.1) is 42.3 Å². The van der Waals surface area contributed by atoms with E-state index in [1.165, 1.54) is 17.0 Å². The fourth-order valence-corrected chi connectivity index (χ4v) is 4.83. The lowest BCUT2D eigenvalue weighted by Gasteiger charge is -2.24. The van der Waals surface area contributed by atoms with Crippen LogP contribution in [0.25, 0.3) is 33.3 Å². The lowest BCUT2D eigenvalue weighted by molar-refractivity contribution is -0.139. The van der Waals surface area contributed by atoms with Gasteiger partial charge in [-0.2, -0.15) is 5.26 Å². The Kier molecular flexibility index (Phi) is 6.36. The Morgan fingerprint density at radius 1 is 1.31 bits per heavy atom. The van der Waals surface area contributed by atoms with Gasteiger partial charge in [-0.1, -0.05) is 0 Å². The van der Waals surface area contributed by atoms with Gasteiger partial charge in [0.2, 0.25) is 0 Å². The van der Waals surface area contributed by atoms with Crippen LogP contribution in [0.15, 0.2) is 30.6 Å². The maximum atomic E-state index is 14.6. The third kappa shape index (κ3) is 5.05. The summed E-state index contributed by atoms with van der Waals surface area (Å²) < 4.78 is 35.8. The van der Waals surface area contributed by atoms with Gasteiger partial charge in [-0.25, -0.2) is 19.2 Å². The number of aryl methyl sites for hydroxylation is 1. The van der Waals surface area contributed by atoms with Crippen molar-refractivity contribution in [3.05, 3.63) is 42.0 Å². The second kappa shape index (κ2) is 9.32. The number of anilines is 1. The van der Waals surface area contributed by atoms with Crippen molar-refractivity contribution in [3.8, 4) is 17.3 Å². The molecule has 1 fully saturated rings. The molecule has 4 aromatic rings. The first kappa shape index (κ1) is 26.6. The maximum Gasteiger partial charge on any atom is 0.415 e.